The highest BCUT2D eigenvalue weighted by Crippen LogP contribution is 2.33. The van der Waals surface area contributed by atoms with E-state index in [0.717, 1.165) is 17.7 Å². The predicted molar refractivity (Wildman–Crippen MR) is 132 cm³/mol. The second-order valence-corrected chi connectivity index (χ2v) is 9.83. The number of sulfonamides is 1. The number of nitrogens with one attached hydrogen (secondary N) is 1. The molecular formula is C27H21FN2O4S. The quantitative estimate of drug-likeness (QED) is 0.382. The van der Waals surface area contributed by atoms with Gasteiger partial charge >= 0.3 is 0 Å². The van der Waals surface area contributed by atoms with E-state index < -0.39 is 26.6 Å². The summed E-state index contributed by atoms with van der Waals surface area (Å²) in [4.78, 5) is 12.3. The lowest BCUT2D eigenvalue weighted by Gasteiger charge is -2.20. The molecule has 0 bridgehead atoms. The van der Waals surface area contributed by atoms with Crippen molar-refractivity contribution < 1.29 is 22.3 Å². The largest absolute Gasteiger partial charge is 0.457 e. The zero-order chi connectivity index (χ0) is 24.4. The maximum Gasteiger partial charge on any atom is 0.267 e. The summed E-state index contributed by atoms with van der Waals surface area (Å²) in [6.07, 6.45) is 0.543. The molecule has 0 atom stereocenters. The van der Waals surface area contributed by atoms with E-state index in [9.17, 15) is 17.6 Å². The van der Waals surface area contributed by atoms with Crippen LogP contribution in [-0.4, -0.2) is 20.9 Å². The summed E-state index contributed by atoms with van der Waals surface area (Å²) in [7, 11) is -4.19. The summed E-state index contributed by atoms with van der Waals surface area (Å²) in [6.45, 7) is 0.217. The molecule has 4 aromatic rings. The average Bonchev–Trinajstić information content (AvgIpc) is 3.31. The van der Waals surface area contributed by atoms with Crippen LogP contribution in [0.5, 0.6) is 11.5 Å². The topological polar surface area (TPSA) is 75.7 Å². The van der Waals surface area contributed by atoms with Crippen molar-refractivity contribution in [2.75, 3.05) is 16.2 Å². The van der Waals surface area contributed by atoms with E-state index in [2.05, 4.69) is 5.32 Å². The molecule has 1 aliphatic rings. The van der Waals surface area contributed by atoms with Crippen LogP contribution >= 0.6 is 0 Å². The smallest absolute Gasteiger partial charge is 0.267 e. The number of nitrogens with zero attached hydrogens (tertiary/aromatic N) is 1. The number of fused-ring (bicyclic) bond motifs is 1. The van der Waals surface area contributed by atoms with Gasteiger partial charge in [0, 0.05) is 17.8 Å². The van der Waals surface area contributed by atoms with E-state index in [1.165, 1.54) is 10.4 Å². The Kier molecular flexibility index (Phi) is 5.96. The SMILES string of the molecule is O=C(Nc1ccc(Oc2ccccc2)cc1)c1ccc(F)c(S(=O)(=O)N2CCc3ccccc32)c1. The Hall–Kier alpha value is -4.17. The van der Waals surface area contributed by atoms with Crippen LogP contribution in [0.2, 0.25) is 0 Å². The number of carbonyl (C=O) groups is 1. The highest BCUT2D eigenvalue weighted by atomic mass is 32.2. The van der Waals surface area contributed by atoms with Gasteiger partial charge in [-0.05, 0) is 72.6 Å². The molecule has 0 aliphatic carbocycles. The number of carbonyl (C=O) groups excluding carboxylic acids is 1. The molecule has 6 nitrogen and oxygen atoms in total. The minimum Gasteiger partial charge on any atom is -0.457 e. The Balaban J connectivity index is 1.34. The molecule has 4 aromatic carbocycles. The van der Waals surface area contributed by atoms with Crippen molar-refractivity contribution in [2.45, 2.75) is 11.3 Å². The summed E-state index contributed by atoms with van der Waals surface area (Å²) in [5, 5.41) is 2.71. The van der Waals surface area contributed by atoms with Gasteiger partial charge in [-0.15, -0.1) is 0 Å². The number of anilines is 2. The molecule has 1 N–H and O–H groups in total. The van der Waals surface area contributed by atoms with Crippen molar-refractivity contribution in [2.24, 2.45) is 0 Å². The van der Waals surface area contributed by atoms with E-state index in [-0.39, 0.29) is 12.1 Å². The van der Waals surface area contributed by atoms with Crippen LogP contribution in [0.1, 0.15) is 15.9 Å². The van der Waals surface area contributed by atoms with Gasteiger partial charge in [-0.1, -0.05) is 36.4 Å². The third-order valence-corrected chi connectivity index (χ3v) is 7.53. The van der Waals surface area contributed by atoms with Crippen molar-refractivity contribution in [3.8, 4) is 11.5 Å². The van der Waals surface area contributed by atoms with Gasteiger partial charge < -0.3 is 10.1 Å². The molecule has 8 heteroatoms. The Labute approximate surface area is 202 Å². The third-order valence-electron chi connectivity index (χ3n) is 5.70. The number of rotatable bonds is 6. The van der Waals surface area contributed by atoms with E-state index in [1.54, 1.807) is 36.4 Å². The van der Waals surface area contributed by atoms with Gasteiger partial charge in [0.2, 0.25) is 0 Å². The second kappa shape index (κ2) is 9.23. The predicted octanol–water partition coefficient (Wildman–Crippen LogP) is 5.62. The van der Waals surface area contributed by atoms with Crippen LogP contribution in [0, 0.1) is 5.82 Å². The number of hydrogen-bond donors (Lipinski definition) is 1. The van der Waals surface area contributed by atoms with Crippen LogP contribution in [0.4, 0.5) is 15.8 Å². The van der Waals surface area contributed by atoms with Gasteiger partial charge in [0.05, 0.1) is 5.69 Å². The van der Waals surface area contributed by atoms with Crippen LogP contribution < -0.4 is 14.4 Å². The van der Waals surface area contributed by atoms with Crippen molar-refractivity contribution in [1.29, 1.82) is 0 Å². The van der Waals surface area contributed by atoms with Gasteiger partial charge in [-0.3, -0.25) is 9.10 Å². The van der Waals surface area contributed by atoms with Crippen LogP contribution in [-0.2, 0) is 16.4 Å². The van der Waals surface area contributed by atoms with Gasteiger partial charge in [-0.25, -0.2) is 12.8 Å². The minimum atomic E-state index is -4.19. The molecule has 0 saturated heterocycles. The van der Waals surface area contributed by atoms with E-state index in [0.29, 0.717) is 29.3 Å². The molecule has 0 unspecified atom stereocenters. The lowest BCUT2D eigenvalue weighted by atomic mass is 10.2. The van der Waals surface area contributed by atoms with Crippen LogP contribution in [0.25, 0.3) is 0 Å². The summed E-state index contributed by atoms with van der Waals surface area (Å²) >= 11 is 0. The van der Waals surface area contributed by atoms with E-state index in [4.69, 9.17) is 4.74 Å². The number of hydrogen-bond acceptors (Lipinski definition) is 4. The number of amides is 1. The first kappa shape index (κ1) is 22.6. The number of benzene rings is 4. The first-order valence-electron chi connectivity index (χ1n) is 11.0. The lowest BCUT2D eigenvalue weighted by Crippen LogP contribution is -2.30. The minimum absolute atomic E-state index is 0.0297. The molecular weight excluding hydrogens is 467 g/mol. The van der Waals surface area contributed by atoms with Crippen LogP contribution in [0.15, 0.2) is 102 Å². The Bertz CT molecular complexity index is 1490. The fourth-order valence-corrected chi connectivity index (χ4v) is 5.55. The molecule has 0 fully saturated rings. The number of halogens is 1. The van der Waals surface area contributed by atoms with Crippen molar-refractivity contribution in [3.63, 3.8) is 0 Å². The first-order valence-corrected chi connectivity index (χ1v) is 12.4. The van der Waals surface area contributed by atoms with Crippen LogP contribution in [0.3, 0.4) is 0 Å². The average molecular weight is 489 g/mol. The van der Waals surface area contributed by atoms with Gasteiger partial charge in [0.25, 0.3) is 15.9 Å². The molecule has 176 valence electrons. The van der Waals surface area contributed by atoms with E-state index in [1.807, 2.05) is 42.5 Å². The highest BCUT2D eigenvalue weighted by Gasteiger charge is 2.33. The molecule has 0 saturated carbocycles. The molecule has 5 rings (SSSR count). The Morgan fingerprint density at radius 3 is 2.31 bits per heavy atom. The zero-order valence-corrected chi connectivity index (χ0v) is 19.3. The van der Waals surface area contributed by atoms with Crippen molar-refractivity contribution in [1.82, 2.24) is 0 Å². The molecule has 1 aliphatic heterocycles. The summed E-state index contributed by atoms with van der Waals surface area (Å²) in [5.74, 6) is -0.187. The zero-order valence-electron chi connectivity index (χ0n) is 18.5. The van der Waals surface area contributed by atoms with Gasteiger partial charge in [0.15, 0.2) is 0 Å². The first-order chi connectivity index (χ1) is 16.9. The monoisotopic (exact) mass is 488 g/mol. The van der Waals surface area contributed by atoms with Gasteiger partial charge in [0.1, 0.15) is 22.2 Å². The number of ether oxygens (including phenoxy) is 1. The van der Waals surface area contributed by atoms with E-state index >= 15 is 0 Å². The van der Waals surface area contributed by atoms with Crippen molar-refractivity contribution in [3.05, 3.63) is 114 Å². The summed E-state index contributed by atoms with van der Waals surface area (Å²) in [5.41, 5.74) is 1.92. The Morgan fingerprint density at radius 1 is 0.857 bits per heavy atom. The van der Waals surface area contributed by atoms with Gasteiger partial charge in [-0.2, -0.15) is 0 Å². The lowest BCUT2D eigenvalue weighted by molar-refractivity contribution is 0.102. The third kappa shape index (κ3) is 4.61. The second-order valence-electron chi connectivity index (χ2n) is 7.99. The molecule has 1 heterocycles. The fraction of sp³-hybridized carbons (Fsp3) is 0.0741. The molecule has 1 amide bonds. The molecule has 35 heavy (non-hydrogen) atoms. The molecule has 0 aromatic heterocycles. The number of para-hydroxylation sites is 2. The summed E-state index contributed by atoms with van der Waals surface area (Å²) < 4.78 is 48.1. The van der Waals surface area contributed by atoms with Crippen molar-refractivity contribution >= 4 is 27.3 Å². The maximum absolute atomic E-state index is 14.7. The maximum atomic E-state index is 14.7. The Morgan fingerprint density at radius 2 is 1.54 bits per heavy atom. The normalized spacial score (nSPS) is 12.8. The standard InChI is InChI=1S/C27H21FN2O4S/c28-24-15-10-20(18-26(24)35(32,33)30-17-16-19-6-4-5-9-25(19)30)27(31)29-21-11-13-23(14-12-21)34-22-7-2-1-3-8-22/h1-15,18H,16-17H2,(H,29,31). The highest BCUT2D eigenvalue weighted by molar-refractivity contribution is 7.92. The molecule has 0 radical (unpaired) electrons. The summed E-state index contributed by atoms with van der Waals surface area (Å²) in [6, 6.07) is 26.5. The molecule has 0 spiro atoms. The fourth-order valence-electron chi connectivity index (χ4n) is 3.95.